The highest BCUT2D eigenvalue weighted by atomic mass is 19.1. The molecule has 0 fully saturated rings. The molecule has 2 aliphatic heterocycles. The van der Waals surface area contributed by atoms with Gasteiger partial charge in [-0.05, 0) is 35.9 Å². The average molecular weight is 379 g/mol. The standard InChI is InChI=1S/C22H18FNO4/c1-2-10-27-17-8-6-14(7-9-17)18-12-20(25)24(16-5-3-4-15(23)11-16)19-13-28-22(26)21(18)19/h2-9,11,18H,1,10,12-13H2. The van der Waals surface area contributed by atoms with Crippen LogP contribution in [-0.4, -0.2) is 25.1 Å². The number of rotatable bonds is 5. The fourth-order valence-corrected chi connectivity index (χ4v) is 3.61. The second-order valence-corrected chi connectivity index (χ2v) is 6.57. The van der Waals surface area contributed by atoms with E-state index in [4.69, 9.17) is 9.47 Å². The lowest BCUT2D eigenvalue weighted by atomic mass is 9.84. The van der Waals surface area contributed by atoms with Gasteiger partial charge < -0.3 is 9.47 Å². The molecule has 0 saturated carbocycles. The van der Waals surface area contributed by atoms with Gasteiger partial charge >= 0.3 is 5.97 Å². The van der Waals surface area contributed by atoms with Crippen LogP contribution in [0.1, 0.15) is 17.9 Å². The number of esters is 1. The Morgan fingerprint density at radius 3 is 2.71 bits per heavy atom. The van der Waals surface area contributed by atoms with Gasteiger partial charge in [-0.2, -0.15) is 0 Å². The number of amides is 1. The Morgan fingerprint density at radius 1 is 1.21 bits per heavy atom. The summed E-state index contributed by atoms with van der Waals surface area (Å²) in [4.78, 5) is 26.7. The van der Waals surface area contributed by atoms with E-state index in [0.29, 0.717) is 29.3 Å². The molecular formula is C22H18FNO4. The molecule has 1 atom stereocenters. The zero-order valence-electron chi connectivity index (χ0n) is 15.1. The summed E-state index contributed by atoms with van der Waals surface area (Å²) < 4.78 is 24.4. The summed E-state index contributed by atoms with van der Waals surface area (Å²) in [5.41, 5.74) is 2.14. The Balaban J connectivity index is 1.72. The number of hydrogen-bond donors (Lipinski definition) is 0. The zero-order valence-corrected chi connectivity index (χ0v) is 15.1. The first-order valence-electron chi connectivity index (χ1n) is 8.91. The van der Waals surface area contributed by atoms with Crippen molar-refractivity contribution < 1.29 is 23.5 Å². The van der Waals surface area contributed by atoms with Gasteiger partial charge in [-0.15, -0.1) is 0 Å². The summed E-state index contributed by atoms with van der Waals surface area (Å²) >= 11 is 0. The van der Waals surface area contributed by atoms with Crippen molar-refractivity contribution in [2.75, 3.05) is 18.1 Å². The molecule has 142 valence electrons. The number of halogens is 1. The first-order valence-corrected chi connectivity index (χ1v) is 8.91. The third-order valence-electron chi connectivity index (χ3n) is 4.83. The molecule has 4 rings (SSSR count). The van der Waals surface area contributed by atoms with Crippen molar-refractivity contribution in [3.8, 4) is 5.75 Å². The SMILES string of the molecule is C=CCOc1ccc(C2CC(=O)N(c3cccc(F)c3)C3=C2C(=O)OC3)cc1. The highest BCUT2D eigenvalue weighted by Crippen LogP contribution is 2.42. The number of benzene rings is 2. The van der Waals surface area contributed by atoms with E-state index >= 15 is 0 Å². The molecular weight excluding hydrogens is 361 g/mol. The summed E-state index contributed by atoms with van der Waals surface area (Å²) in [5, 5.41) is 0. The third kappa shape index (κ3) is 3.17. The number of cyclic esters (lactones) is 1. The van der Waals surface area contributed by atoms with Crippen molar-refractivity contribution in [2.45, 2.75) is 12.3 Å². The molecule has 0 bridgehead atoms. The molecule has 2 aromatic rings. The molecule has 0 radical (unpaired) electrons. The van der Waals surface area contributed by atoms with Gasteiger partial charge in [0.25, 0.3) is 0 Å². The molecule has 1 amide bonds. The Bertz CT molecular complexity index is 980. The van der Waals surface area contributed by atoms with E-state index < -0.39 is 17.7 Å². The number of carbonyl (C=O) groups is 2. The van der Waals surface area contributed by atoms with Crippen molar-refractivity contribution >= 4 is 17.6 Å². The minimum Gasteiger partial charge on any atom is -0.490 e. The minimum absolute atomic E-state index is 0.00650. The van der Waals surface area contributed by atoms with Crippen LogP contribution in [0.3, 0.4) is 0 Å². The smallest absolute Gasteiger partial charge is 0.336 e. The summed E-state index contributed by atoms with van der Waals surface area (Å²) in [6, 6.07) is 13.0. The second kappa shape index (κ2) is 7.31. The van der Waals surface area contributed by atoms with Gasteiger partial charge in [0.15, 0.2) is 0 Å². The third-order valence-corrected chi connectivity index (χ3v) is 4.83. The van der Waals surface area contributed by atoms with Crippen LogP contribution in [0.4, 0.5) is 10.1 Å². The molecule has 0 spiro atoms. The minimum atomic E-state index is -0.449. The maximum absolute atomic E-state index is 13.7. The van der Waals surface area contributed by atoms with Crippen LogP contribution in [-0.2, 0) is 14.3 Å². The molecule has 0 N–H and O–H groups in total. The fraction of sp³-hybridized carbons (Fsp3) is 0.182. The summed E-state index contributed by atoms with van der Waals surface area (Å²) in [7, 11) is 0. The lowest BCUT2D eigenvalue weighted by molar-refractivity contribution is -0.136. The second-order valence-electron chi connectivity index (χ2n) is 6.57. The van der Waals surface area contributed by atoms with Crippen LogP contribution < -0.4 is 9.64 Å². The summed E-state index contributed by atoms with van der Waals surface area (Å²) in [6.07, 6.45) is 1.75. The highest BCUT2D eigenvalue weighted by Gasteiger charge is 2.43. The van der Waals surface area contributed by atoms with Crippen LogP contribution in [0.5, 0.6) is 5.75 Å². The number of nitrogens with zero attached hydrogens (tertiary/aromatic N) is 1. The predicted octanol–water partition coefficient (Wildman–Crippen LogP) is 3.72. The molecule has 5 nitrogen and oxygen atoms in total. The maximum Gasteiger partial charge on any atom is 0.336 e. The van der Waals surface area contributed by atoms with E-state index in [1.165, 1.54) is 23.1 Å². The molecule has 2 aliphatic rings. The molecule has 6 heteroatoms. The molecule has 28 heavy (non-hydrogen) atoms. The lowest BCUT2D eigenvalue weighted by Crippen LogP contribution is -2.37. The quantitative estimate of drug-likeness (QED) is 0.587. The van der Waals surface area contributed by atoms with Crippen molar-refractivity contribution in [1.29, 1.82) is 0 Å². The van der Waals surface area contributed by atoms with Crippen LogP contribution in [0.2, 0.25) is 0 Å². The highest BCUT2D eigenvalue weighted by molar-refractivity contribution is 6.06. The number of anilines is 1. The largest absolute Gasteiger partial charge is 0.490 e. The van der Waals surface area contributed by atoms with Gasteiger partial charge in [0, 0.05) is 12.3 Å². The normalized spacial score (nSPS) is 18.8. The van der Waals surface area contributed by atoms with E-state index in [0.717, 1.165) is 5.56 Å². The van der Waals surface area contributed by atoms with E-state index in [-0.39, 0.29) is 18.9 Å². The Labute approximate surface area is 161 Å². The monoisotopic (exact) mass is 379 g/mol. The Hall–Kier alpha value is -3.41. The molecule has 2 aromatic carbocycles. The number of carbonyl (C=O) groups excluding carboxylic acids is 2. The lowest BCUT2D eigenvalue weighted by Gasteiger charge is -2.31. The van der Waals surface area contributed by atoms with E-state index in [9.17, 15) is 14.0 Å². The number of hydrogen-bond acceptors (Lipinski definition) is 4. The summed E-state index contributed by atoms with van der Waals surface area (Å²) in [5.74, 6) is -0.832. The predicted molar refractivity (Wildman–Crippen MR) is 101 cm³/mol. The van der Waals surface area contributed by atoms with Crippen molar-refractivity contribution in [1.82, 2.24) is 0 Å². The maximum atomic E-state index is 13.7. The van der Waals surface area contributed by atoms with Crippen molar-refractivity contribution in [3.63, 3.8) is 0 Å². The molecule has 2 heterocycles. The van der Waals surface area contributed by atoms with Crippen LogP contribution in [0.15, 0.2) is 72.5 Å². The average Bonchev–Trinajstić information content (AvgIpc) is 3.07. The topological polar surface area (TPSA) is 55.8 Å². The first-order chi connectivity index (χ1) is 13.6. The Kier molecular flexibility index (Phi) is 4.69. The van der Waals surface area contributed by atoms with Gasteiger partial charge in [0.1, 0.15) is 24.8 Å². The Morgan fingerprint density at radius 2 is 2.00 bits per heavy atom. The first kappa shape index (κ1) is 18.0. The van der Waals surface area contributed by atoms with Gasteiger partial charge in [0.2, 0.25) is 5.91 Å². The van der Waals surface area contributed by atoms with E-state index in [2.05, 4.69) is 6.58 Å². The van der Waals surface area contributed by atoms with Gasteiger partial charge in [-0.3, -0.25) is 9.69 Å². The van der Waals surface area contributed by atoms with Gasteiger partial charge in [0.05, 0.1) is 17.0 Å². The van der Waals surface area contributed by atoms with E-state index in [1.807, 2.05) is 12.1 Å². The van der Waals surface area contributed by atoms with Crippen molar-refractivity contribution in [3.05, 3.63) is 83.8 Å². The van der Waals surface area contributed by atoms with Crippen LogP contribution >= 0.6 is 0 Å². The fourth-order valence-electron chi connectivity index (χ4n) is 3.61. The molecule has 0 saturated heterocycles. The van der Waals surface area contributed by atoms with E-state index in [1.54, 1.807) is 24.3 Å². The van der Waals surface area contributed by atoms with Gasteiger partial charge in [-0.1, -0.05) is 30.9 Å². The molecule has 1 unspecified atom stereocenters. The van der Waals surface area contributed by atoms with Crippen LogP contribution in [0, 0.1) is 5.82 Å². The van der Waals surface area contributed by atoms with Gasteiger partial charge in [-0.25, -0.2) is 9.18 Å². The molecule has 0 aromatic heterocycles. The summed E-state index contributed by atoms with van der Waals surface area (Å²) in [6.45, 7) is 4.00. The number of ether oxygens (including phenoxy) is 2. The van der Waals surface area contributed by atoms with Crippen molar-refractivity contribution in [2.24, 2.45) is 0 Å². The zero-order chi connectivity index (χ0) is 19.7. The molecule has 0 aliphatic carbocycles. The van der Waals surface area contributed by atoms with Crippen LogP contribution in [0.25, 0.3) is 0 Å².